The summed E-state index contributed by atoms with van der Waals surface area (Å²) in [5.74, 6) is -1.26. The van der Waals surface area contributed by atoms with Crippen LogP contribution in [0.2, 0.25) is 0 Å². The molecule has 1 aliphatic carbocycles. The largest absolute Gasteiger partial charge is 0.478 e. The van der Waals surface area contributed by atoms with E-state index in [-0.39, 0.29) is 16.5 Å². The lowest BCUT2D eigenvalue weighted by Crippen LogP contribution is -2.13. The molecule has 86 valence electrons. The van der Waals surface area contributed by atoms with Crippen LogP contribution >= 0.6 is 0 Å². The second-order valence-corrected chi connectivity index (χ2v) is 4.44. The lowest BCUT2D eigenvalue weighted by molar-refractivity contribution is 0.0682. The second-order valence-electron chi connectivity index (χ2n) is 4.44. The third-order valence-electron chi connectivity index (χ3n) is 3.20. The van der Waals surface area contributed by atoms with Gasteiger partial charge in [0, 0.05) is 5.56 Å². The maximum Gasteiger partial charge on any atom is 0.336 e. The number of halogens is 2. The lowest BCUT2D eigenvalue weighted by atomic mass is 9.90. The minimum atomic E-state index is -2.74. The Hall–Kier alpha value is -1.45. The highest BCUT2D eigenvalue weighted by molar-refractivity contribution is 5.92. The minimum absolute atomic E-state index is 0.211. The molecule has 0 heterocycles. The van der Waals surface area contributed by atoms with Gasteiger partial charge in [0.15, 0.2) is 0 Å². The van der Waals surface area contributed by atoms with Crippen molar-refractivity contribution in [1.29, 1.82) is 0 Å². The van der Waals surface area contributed by atoms with E-state index in [9.17, 15) is 13.6 Å². The van der Waals surface area contributed by atoms with Crippen LogP contribution in [0.4, 0.5) is 8.78 Å². The number of carbonyl (C=O) groups is 1. The van der Waals surface area contributed by atoms with Gasteiger partial charge in [-0.1, -0.05) is 25.1 Å². The Morgan fingerprint density at radius 3 is 2.50 bits per heavy atom. The summed E-state index contributed by atoms with van der Waals surface area (Å²) in [5.41, 5.74) is -0.271. The van der Waals surface area contributed by atoms with Crippen molar-refractivity contribution >= 4 is 5.97 Å². The van der Waals surface area contributed by atoms with Gasteiger partial charge < -0.3 is 5.11 Å². The van der Waals surface area contributed by atoms with Gasteiger partial charge in [0.25, 0.3) is 6.43 Å². The summed E-state index contributed by atoms with van der Waals surface area (Å²) < 4.78 is 25.4. The molecule has 16 heavy (non-hydrogen) atoms. The molecule has 0 saturated heterocycles. The standard InChI is InChI=1S/C12H12F2O2/c1-12(5-6-12)8-4-2-3-7(10(13)14)9(8)11(15)16/h2-4,10H,5-6H2,1H3,(H,15,16). The molecule has 0 aromatic heterocycles. The van der Waals surface area contributed by atoms with Crippen LogP contribution in [-0.4, -0.2) is 11.1 Å². The van der Waals surface area contributed by atoms with Gasteiger partial charge in [-0.2, -0.15) is 0 Å². The summed E-state index contributed by atoms with van der Waals surface area (Å²) in [6.45, 7) is 1.91. The Balaban J connectivity index is 2.61. The zero-order chi connectivity index (χ0) is 11.9. The van der Waals surface area contributed by atoms with Crippen molar-refractivity contribution < 1.29 is 18.7 Å². The molecule has 1 aliphatic rings. The van der Waals surface area contributed by atoms with Gasteiger partial charge in [-0.25, -0.2) is 13.6 Å². The molecule has 0 atom stereocenters. The average Bonchev–Trinajstić information content (AvgIpc) is 2.96. The van der Waals surface area contributed by atoms with Gasteiger partial charge in [-0.3, -0.25) is 0 Å². The van der Waals surface area contributed by atoms with E-state index in [1.54, 1.807) is 6.07 Å². The number of carboxylic acids is 1. The van der Waals surface area contributed by atoms with Crippen molar-refractivity contribution in [1.82, 2.24) is 0 Å². The van der Waals surface area contributed by atoms with Gasteiger partial charge in [0.1, 0.15) is 0 Å². The number of aromatic carboxylic acids is 1. The quantitative estimate of drug-likeness (QED) is 0.857. The summed E-state index contributed by atoms with van der Waals surface area (Å²) >= 11 is 0. The van der Waals surface area contributed by atoms with Crippen molar-refractivity contribution in [3.05, 3.63) is 34.9 Å². The van der Waals surface area contributed by atoms with Crippen LogP contribution in [0, 0.1) is 0 Å². The number of carboxylic acid groups (broad SMARTS) is 1. The maximum absolute atomic E-state index is 12.7. The number of benzene rings is 1. The Morgan fingerprint density at radius 1 is 1.44 bits per heavy atom. The van der Waals surface area contributed by atoms with Crippen LogP contribution in [0.25, 0.3) is 0 Å². The third-order valence-corrected chi connectivity index (χ3v) is 3.20. The molecule has 1 fully saturated rings. The van der Waals surface area contributed by atoms with E-state index in [0.29, 0.717) is 5.56 Å². The lowest BCUT2D eigenvalue weighted by Gasteiger charge is -2.15. The maximum atomic E-state index is 12.7. The van der Waals surface area contributed by atoms with Gasteiger partial charge in [-0.05, 0) is 23.8 Å². The third kappa shape index (κ3) is 1.68. The molecule has 1 aromatic carbocycles. The van der Waals surface area contributed by atoms with Crippen LogP contribution in [0.3, 0.4) is 0 Å². The first kappa shape index (κ1) is 11.0. The first-order chi connectivity index (χ1) is 7.46. The van der Waals surface area contributed by atoms with Crippen LogP contribution in [0.15, 0.2) is 18.2 Å². The van der Waals surface area contributed by atoms with E-state index in [0.717, 1.165) is 12.8 Å². The van der Waals surface area contributed by atoms with E-state index in [1.165, 1.54) is 12.1 Å². The molecule has 0 unspecified atom stereocenters. The Bertz CT molecular complexity index is 437. The second kappa shape index (κ2) is 3.54. The molecular formula is C12H12F2O2. The number of hydrogen-bond acceptors (Lipinski definition) is 1. The first-order valence-corrected chi connectivity index (χ1v) is 5.10. The number of rotatable bonds is 3. The van der Waals surface area contributed by atoms with Crippen molar-refractivity contribution in [3.8, 4) is 0 Å². The predicted molar refractivity (Wildman–Crippen MR) is 54.9 cm³/mol. The molecule has 4 heteroatoms. The SMILES string of the molecule is CC1(c2cccc(C(F)F)c2C(=O)O)CC1. The molecule has 0 amide bonds. The zero-order valence-electron chi connectivity index (χ0n) is 8.84. The monoisotopic (exact) mass is 226 g/mol. The van der Waals surface area contributed by atoms with Crippen LogP contribution in [0.1, 0.15) is 47.7 Å². The van der Waals surface area contributed by atoms with E-state index >= 15 is 0 Å². The summed E-state index contributed by atoms with van der Waals surface area (Å²) in [6, 6.07) is 4.33. The summed E-state index contributed by atoms with van der Waals surface area (Å²) in [7, 11) is 0. The van der Waals surface area contributed by atoms with Crippen molar-refractivity contribution in [2.24, 2.45) is 0 Å². The van der Waals surface area contributed by atoms with Crippen molar-refractivity contribution in [2.75, 3.05) is 0 Å². The van der Waals surface area contributed by atoms with E-state index < -0.39 is 12.4 Å². The molecular weight excluding hydrogens is 214 g/mol. The highest BCUT2D eigenvalue weighted by Gasteiger charge is 2.42. The van der Waals surface area contributed by atoms with E-state index in [2.05, 4.69) is 0 Å². The highest BCUT2D eigenvalue weighted by atomic mass is 19.3. The molecule has 1 N–H and O–H groups in total. The fourth-order valence-corrected chi connectivity index (χ4v) is 1.95. The Morgan fingerprint density at radius 2 is 2.06 bits per heavy atom. The molecule has 2 rings (SSSR count). The fourth-order valence-electron chi connectivity index (χ4n) is 1.95. The van der Waals surface area contributed by atoms with Gasteiger partial charge >= 0.3 is 5.97 Å². The van der Waals surface area contributed by atoms with E-state index in [1.807, 2.05) is 6.92 Å². The molecule has 0 aliphatic heterocycles. The van der Waals surface area contributed by atoms with Crippen LogP contribution in [0.5, 0.6) is 0 Å². The Labute approximate surface area is 91.9 Å². The molecule has 1 aromatic rings. The van der Waals surface area contributed by atoms with Crippen LogP contribution in [-0.2, 0) is 5.41 Å². The molecule has 0 radical (unpaired) electrons. The highest BCUT2D eigenvalue weighted by Crippen LogP contribution is 2.49. The van der Waals surface area contributed by atoms with Crippen molar-refractivity contribution in [3.63, 3.8) is 0 Å². The molecule has 0 spiro atoms. The average molecular weight is 226 g/mol. The normalized spacial score (nSPS) is 17.5. The van der Waals surface area contributed by atoms with Crippen LogP contribution < -0.4 is 0 Å². The fraction of sp³-hybridized carbons (Fsp3) is 0.417. The van der Waals surface area contributed by atoms with Gasteiger partial charge in [0.2, 0.25) is 0 Å². The molecule has 0 bridgehead atoms. The number of alkyl halides is 2. The van der Waals surface area contributed by atoms with E-state index in [4.69, 9.17) is 5.11 Å². The molecule has 2 nitrogen and oxygen atoms in total. The van der Waals surface area contributed by atoms with Crippen molar-refractivity contribution in [2.45, 2.75) is 31.6 Å². The van der Waals surface area contributed by atoms with Gasteiger partial charge in [0.05, 0.1) is 5.56 Å². The zero-order valence-corrected chi connectivity index (χ0v) is 8.84. The smallest absolute Gasteiger partial charge is 0.336 e. The van der Waals surface area contributed by atoms with Gasteiger partial charge in [-0.15, -0.1) is 0 Å². The summed E-state index contributed by atoms with van der Waals surface area (Å²) in [4.78, 5) is 11.1. The topological polar surface area (TPSA) is 37.3 Å². The Kier molecular flexibility index (Phi) is 2.45. The summed E-state index contributed by atoms with van der Waals surface area (Å²) in [6.07, 6.45) is -1.02. The minimum Gasteiger partial charge on any atom is -0.478 e. The first-order valence-electron chi connectivity index (χ1n) is 5.10. The predicted octanol–water partition coefficient (Wildman–Crippen LogP) is 3.37. The molecule has 1 saturated carbocycles. The summed E-state index contributed by atoms with van der Waals surface area (Å²) in [5, 5.41) is 9.05. The number of hydrogen-bond donors (Lipinski definition) is 1.